The molecule has 0 bridgehead atoms. The lowest BCUT2D eigenvalue weighted by Gasteiger charge is -2.02. The molecule has 2 rings (SSSR count). The largest absolute Gasteiger partial charge is 0.311 e. The van der Waals surface area contributed by atoms with Crippen molar-refractivity contribution in [2.45, 2.75) is 19.9 Å². The molecule has 0 aliphatic carbocycles. The van der Waals surface area contributed by atoms with E-state index in [1.165, 1.54) is 0 Å². The van der Waals surface area contributed by atoms with Gasteiger partial charge >= 0.3 is 0 Å². The molecule has 86 valence electrons. The maximum atomic E-state index is 4.16. The fourth-order valence-corrected chi connectivity index (χ4v) is 1.57. The number of nitrogens with zero attached hydrogens (tertiary/aromatic N) is 4. The zero-order chi connectivity index (χ0) is 11.4. The van der Waals surface area contributed by atoms with Crippen molar-refractivity contribution >= 4 is 0 Å². The van der Waals surface area contributed by atoms with E-state index < -0.39 is 0 Å². The quantitative estimate of drug-likeness (QED) is 0.728. The molecule has 0 saturated heterocycles. The highest BCUT2D eigenvalue weighted by molar-refractivity contribution is 5.56. The van der Waals surface area contributed by atoms with Crippen molar-refractivity contribution < 1.29 is 0 Å². The number of hydrogen-bond donors (Lipinski definition) is 2. The van der Waals surface area contributed by atoms with Gasteiger partial charge in [-0.1, -0.05) is 6.92 Å². The van der Waals surface area contributed by atoms with Gasteiger partial charge in [-0.05, 0) is 19.0 Å². The lowest BCUT2D eigenvalue weighted by Crippen LogP contribution is -2.15. The first kappa shape index (κ1) is 10.8. The van der Waals surface area contributed by atoms with Crippen LogP contribution in [-0.2, 0) is 13.6 Å². The van der Waals surface area contributed by atoms with Crippen LogP contribution >= 0.6 is 0 Å². The van der Waals surface area contributed by atoms with Gasteiger partial charge in [0.05, 0.1) is 5.69 Å². The van der Waals surface area contributed by atoms with Gasteiger partial charge in [0.15, 0.2) is 0 Å². The molecule has 6 nitrogen and oxygen atoms in total. The van der Waals surface area contributed by atoms with E-state index in [0.717, 1.165) is 36.6 Å². The van der Waals surface area contributed by atoms with E-state index in [9.17, 15) is 0 Å². The predicted octanol–water partition coefficient (Wildman–Crippen LogP) is 0.705. The summed E-state index contributed by atoms with van der Waals surface area (Å²) in [4.78, 5) is 0. The molecule has 0 atom stereocenters. The van der Waals surface area contributed by atoms with E-state index >= 15 is 0 Å². The van der Waals surface area contributed by atoms with Crippen molar-refractivity contribution in [3.63, 3.8) is 0 Å². The van der Waals surface area contributed by atoms with Gasteiger partial charge in [0.1, 0.15) is 11.4 Å². The highest BCUT2D eigenvalue weighted by Gasteiger charge is 2.12. The number of hydrogen-bond acceptors (Lipinski definition) is 4. The Kier molecular flexibility index (Phi) is 3.31. The Bertz CT molecular complexity index is 444. The highest BCUT2D eigenvalue weighted by Crippen LogP contribution is 2.17. The maximum absolute atomic E-state index is 4.16. The van der Waals surface area contributed by atoms with Crippen molar-refractivity contribution in [2.75, 3.05) is 6.54 Å². The monoisotopic (exact) mass is 220 g/mol. The number of rotatable bonds is 5. The Hall–Kier alpha value is -1.69. The third-order valence-corrected chi connectivity index (χ3v) is 2.40. The second kappa shape index (κ2) is 4.89. The molecule has 0 aliphatic heterocycles. The van der Waals surface area contributed by atoms with Crippen molar-refractivity contribution in [1.82, 2.24) is 30.5 Å². The van der Waals surface area contributed by atoms with E-state index in [1.807, 2.05) is 13.1 Å². The standard InChI is InChI=1S/C10H16N6/c1-3-5-11-7-8-10(14-15-13-8)9-4-6-12-16(9)2/h4,6,11H,3,5,7H2,1-2H3,(H,13,14,15). The first-order valence-corrected chi connectivity index (χ1v) is 5.41. The van der Waals surface area contributed by atoms with Gasteiger partial charge in [-0.3, -0.25) is 4.68 Å². The van der Waals surface area contributed by atoms with Crippen molar-refractivity contribution in [2.24, 2.45) is 7.05 Å². The molecular weight excluding hydrogens is 204 g/mol. The molecule has 2 heterocycles. The topological polar surface area (TPSA) is 71.4 Å². The van der Waals surface area contributed by atoms with Gasteiger partial charge in [0.25, 0.3) is 0 Å². The summed E-state index contributed by atoms with van der Waals surface area (Å²) in [5, 5.41) is 18.4. The molecule has 0 amide bonds. The van der Waals surface area contributed by atoms with Crippen LogP contribution in [0.3, 0.4) is 0 Å². The van der Waals surface area contributed by atoms with Crippen LogP contribution in [0.5, 0.6) is 0 Å². The molecule has 2 aromatic rings. The van der Waals surface area contributed by atoms with Crippen LogP contribution in [0.2, 0.25) is 0 Å². The molecular formula is C10H16N6. The average molecular weight is 220 g/mol. The zero-order valence-electron chi connectivity index (χ0n) is 9.56. The van der Waals surface area contributed by atoms with Crippen LogP contribution in [-0.4, -0.2) is 31.7 Å². The van der Waals surface area contributed by atoms with Crippen molar-refractivity contribution in [1.29, 1.82) is 0 Å². The normalized spacial score (nSPS) is 10.9. The summed E-state index contributed by atoms with van der Waals surface area (Å²) in [5.74, 6) is 0. The number of aromatic nitrogens is 5. The molecule has 2 N–H and O–H groups in total. The van der Waals surface area contributed by atoms with E-state index in [4.69, 9.17) is 0 Å². The predicted molar refractivity (Wildman–Crippen MR) is 60.6 cm³/mol. The van der Waals surface area contributed by atoms with Gasteiger partial charge in [0, 0.05) is 19.8 Å². The fourth-order valence-electron chi connectivity index (χ4n) is 1.57. The molecule has 0 fully saturated rings. The zero-order valence-corrected chi connectivity index (χ0v) is 9.56. The summed E-state index contributed by atoms with van der Waals surface area (Å²) in [5.41, 5.74) is 2.77. The molecule has 0 aromatic carbocycles. The van der Waals surface area contributed by atoms with E-state index in [0.29, 0.717) is 0 Å². The molecule has 0 spiro atoms. The Balaban J connectivity index is 2.16. The lowest BCUT2D eigenvalue weighted by atomic mass is 10.2. The Labute approximate surface area is 94.1 Å². The van der Waals surface area contributed by atoms with Crippen LogP contribution in [0.15, 0.2) is 12.3 Å². The molecule has 0 aliphatic rings. The number of aryl methyl sites for hydroxylation is 1. The summed E-state index contributed by atoms with van der Waals surface area (Å²) in [6.45, 7) is 3.85. The van der Waals surface area contributed by atoms with E-state index in [1.54, 1.807) is 10.9 Å². The van der Waals surface area contributed by atoms with Crippen LogP contribution in [0.4, 0.5) is 0 Å². The SMILES string of the molecule is CCCNCc1n[nH]nc1-c1ccnn1C. The van der Waals surface area contributed by atoms with Crippen LogP contribution < -0.4 is 5.32 Å². The van der Waals surface area contributed by atoms with Gasteiger partial charge in [-0.2, -0.15) is 20.5 Å². The minimum absolute atomic E-state index is 0.727. The minimum atomic E-state index is 0.727. The first-order chi connectivity index (χ1) is 7.83. The van der Waals surface area contributed by atoms with Gasteiger partial charge in [-0.25, -0.2) is 0 Å². The van der Waals surface area contributed by atoms with E-state index in [-0.39, 0.29) is 0 Å². The molecule has 16 heavy (non-hydrogen) atoms. The second-order valence-electron chi connectivity index (χ2n) is 3.64. The molecule has 0 saturated carbocycles. The van der Waals surface area contributed by atoms with Crippen LogP contribution in [0, 0.1) is 0 Å². The Morgan fingerprint density at radius 1 is 1.44 bits per heavy atom. The molecule has 2 aromatic heterocycles. The average Bonchev–Trinajstić information content (AvgIpc) is 2.87. The Morgan fingerprint density at radius 3 is 3.00 bits per heavy atom. The van der Waals surface area contributed by atoms with Gasteiger partial charge < -0.3 is 5.32 Å². The highest BCUT2D eigenvalue weighted by atomic mass is 15.3. The first-order valence-electron chi connectivity index (χ1n) is 5.41. The third-order valence-electron chi connectivity index (χ3n) is 2.40. The summed E-state index contributed by atoms with van der Waals surface area (Å²) in [6, 6.07) is 1.93. The van der Waals surface area contributed by atoms with Crippen LogP contribution in [0.25, 0.3) is 11.4 Å². The minimum Gasteiger partial charge on any atom is -0.311 e. The summed E-state index contributed by atoms with van der Waals surface area (Å²) in [7, 11) is 1.90. The second-order valence-corrected chi connectivity index (χ2v) is 3.64. The van der Waals surface area contributed by atoms with Gasteiger partial charge in [-0.15, -0.1) is 0 Å². The van der Waals surface area contributed by atoms with Crippen molar-refractivity contribution in [3.8, 4) is 11.4 Å². The fraction of sp³-hybridized carbons (Fsp3) is 0.500. The summed E-state index contributed by atoms with van der Waals surface area (Å²) >= 11 is 0. The molecule has 0 unspecified atom stereocenters. The number of aromatic amines is 1. The van der Waals surface area contributed by atoms with Crippen LogP contribution in [0.1, 0.15) is 19.0 Å². The maximum Gasteiger partial charge on any atom is 0.135 e. The van der Waals surface area contributed by atoms with E-state index in [2.05, 4.69) is 32.7 Å². The molecule has 0 radical (unpaired) electrons. The summed E-state index contributed by atoms with van der Waals surface area (Å²) in [6.07, 6.45) is 2.87. The summed E-state index contributed by atoms with van der Waals surface area (Å²) < 4.78 is 1.79. The number of nitrogens with one attached hydrogen (secondary N) is 2. The van der Waals surface area contributed by atoms with Crippen molar-refractivity contribution in [3.05, 3.63) is 18.0 Å². The smallest absolute Gasteiger partial charge is 0.135 e. The van der Waals surface area contributed by atoms with Gasteiger partial charge in [0.2, 0.25) is 0 Å². The number of H-pyrrole nitrogens is 1. The Morgan fingerprint density at radius 2 is 2.31 bits per heavy atom. The third kappa shape index (κ3) is 2.11. The lowest BCUT2D eigenvalue weighted by molar-refractivity contribution is 0.662. The molecule has 6 heteroatoms.